The number of aliphatic imine (C=N–C) groups is 1. The third kappa shape index (κ3) is 7.21. The van der Waals surface area contributed by atoms with Crippen molar-refractivity contribution in [1.82, 2.24) is 9.80 Å². The first-order valence-electron chi connectivity index (χ1n) is 12.1. The Morgan fingerprint density at radius 3 is 2.59 bits per heavy atom. The molecular weight excluding hydrogens is 499 g/mol. The average molecular weight is 531 g/mol. The molecule has 37 heavy (non-hydrogen) atoms. The number of ether oxygens (including phenoxy) is 3. The lowest BCUT2D eigenvalue weighted by Gasteiger charge is -2.27. The van der Waals surface area contributed by atoms with Crippen LogP contribution in [0.2, 0.25) is 0 Å². The highest BCUT2D eigenvalue weighted by atomic mass is 32.2. The number of nitrogens with zero attached hydrogens (tertiary/aromatic N) is 3. The summed E-state index contributed by atoms with van der Waals surface area (Å²) in [6.07, 6.45) is 0.723. The minimum Gasteiger partial charge on any atom is -0.497 e. The van der Waals surface area contributed by atoms with E-state index in [1.807, 2.05) is 0 Å². The van der Waals surface area contributed by atoms with Crippen molar-refractivity contribution >= 4 is 40.1 Å². The van der Waals surface area contributed by atoms with E-state index < -0.39 is 5.25 Å². The van der Waals surface area contributed by atoms with E-state index in [9.17, 15) is 14.0 Å². The third-order valence-corrected chi connectivity index (χ3v) is 7.26. The maximum atomic E-state index is 13.4. The maximum Gasteiger partial charge on any atom is 0.242 e. The van der Waals surface area contributed by atoms with E-state index in [4.69, 9.17) is 14.2 Å². The van der Waals surface area contributed by atoms with Gasteiger partial charge in [0.1, 0.15) is 22.6 Å². The molecule has 0 radical (unpaired) electrons. The van der Waals surface area contributed by atoms with Crippen LogP contribution in [0.3, 0.4) is 0 Å². The molecule has 11 heteroatoms. The number of methoxy groups -OCH3 is 2. The summed E-state index contributed by atoms with van der Waals surface area (Å²) in [7, 11) is 3.05. The molecular formula is C26H31FN4O5S. The number of amides is 2. The van der Waals surface area contributed by atoms with Crippen LogP contribution in [0.4, 0.5) is 15.8 Å². The number of nitrogens with one attached hydrogen (secondary N) is 1. The Hall–Kier alpha value is -3.15. The van der Waals surface area contributed by atoms with Gasteiger partial charge in [-0.2, -0.15) is 0 Å². The van der Waals surface area contributed by atoms with Crippen LogP contribution < -0.4 is 14.8 Å². The molecule has 2 amide bonds. The van der Waals surface area contributed by atoms with E-state index in [1.165, 1.54) is 38.1 Å². The molecule has 0 spiro atoms. The SMILES string of the molecule is COc1ccc(OC)c(NC(=O)CC2SC(=Nc3ccc(F)cc3)N(CCCN3CCOCC3)C2=O)c1. The van der Waals surface area contributed by atoms with Crippen molar-refractivity contribution in [3.63, 3.8) is 0 Å². The number of carbonyl (C=O) groups excluding carboxylic acids is 2. The number of hydrogen-bond acceptors (Lipinski definition) is 8. The van der Waals surface area contributed by atoms with Crippen LogP contribution >= 0.6 is 11.8 Å². The van der Waals surface area contributed by atoms with Gasteiger partial charge in [-0.25, -0.2) is 9.38 Å². The van der Waals surface area contributed by atoms with Gasteiger partial charge in [0.15, 0.2) is 5.17 Å². The van der Waals surface area contributed by atoms with Crippen LogP contribution in [0.15, 0.2) is 47.5 Å². The normalized spacial score (nSPS) is 19.3. The molecule has 9 nitrogen and oxygen atoms in total. The van der Waals surface area contributed by atoms with Gasteiger partial charge in [-0.1, -0.05) is 11.8 Å². The Bertz CT molecular complexity index is 1120. The van der Waals surface area contributed by atoms with Gasteiger partial charge < -0.3 is 19.5 Å². The highest BCUT2D eigenvalue weighted by Gasteiger charge is 2.39. The zero-order chi connectivity index (χ0) is 26.2. The van der Waals surface area contributed by atoms with Gasteiger partial charge in [0.25, 0.3) is 0 Å². The molecule has 2 aliphatic rings. The van der Waals surface area contributed by atoms with Crippen molar-refractivity contribution in [3.8, 4) is 11.5 Å². The Labute approximate surface area is 220 Å². The van der Waals surface area contributed by atoms with Gasteiger partial charge in [0, 0.05) is 38.7 Å². The first-order valence-corrected chi connectivity index (χ1v) is 13.0. The number of thioether (sulfide) groups is 1. The lowest BCUT2D eigenvalue weighted by molar-refractivity contribution is -0.128. The van der Waals surface area contributed by atoms with Gasteiger partial charge in [0.05, 0.1) is 38.8 Å². The minimum absolute atomic E-state index is 0.0355. The molecule has 0 aliphatic carbocycles. The number of carbonyl (C=O) groups is 2. The van der Waals surface area contributed by atoms with Crippen LogP contribution in [0, 0.1) is 5.82 Å². The standard InChI is InChI=1S/C26H31FN4O5S/c1-34-20-8-9-22(35-2)21(16-20)29-24(32)17-23-25(33)31(11-3-10-30-12-14-36-15-13-30)26(37-23)28-19-6-4-18(27)5-7-19/h4-9,16,23H,3,10-15,17H2,1-2H3,(H,29,32). The molecule has 198 valence electrons. The van der Waals surface area contributed by atoms with Gasteiger partial charge in [-0.3, -0.25) is 19.4 Å². The van der Waals surface area contributed by atoms with Crippen LogP contribution in [-0.2, 0) is 14.3 Å². The van der Waals surface area contributed by atoms with Crippen molar-refractivity contribution in [1.29, 1.82) is 0 Å². The van der Waals surface area contributed by atoms with Gasteiger partial charge in [-0.15, -0.1) is 0 Å². The summed E-state index contributed by atoms with van der Waals surface area (Å²) in [4.78, 5) is 34.8. The smallest absolute Gasteiger partial charge is 0.242 e. The fourth-order valence-corrected chi connectivity index (χ4v) is 5.30. The molecule has 1 atom stereocenters. The molecule has 0 saturated carbocycles. The molecule has 2 aromatic rings. The molecule has 1 N–H and O–H groups in total. The quantitative estimate of drug-likeness (QED) is 0.503. The second kappa shape index (κ2) is 12.9. The molecule has 2 fully saturated rings. The Morgan fingerprint density at radius 2 is 1.89 bits per heavy atom. The maximum absolute atomic E-state index is 13.4. The number of hydrogen-bond donors (Lipinski definition) is 1. The summed E-state index contributed by atoms with van der Waals surface area (Å²) in [5.74, 6) is 0.212. The summed E-state index contributed by atoms with van der Waals surface area (Å²) < 4.78 is 29.3. The molecule has 0 bridgehead atoms. The van der Waals surface area contributed by atoms with Gasteiger partial charge in [0.2, 0.25) is 11.8 Å². The Kier molecular flexibility index (Phi) is 9.37. The minimum atomic E-state index is -0.626. The largest absolute Gasteiger partial charge is 0.497 e. The van der Waals surface area contributed by atoms with Crippen LogP contribution in [0.5, 0.6) is 11.5 Å². The first kappa shape index (κ1) is 26.9. The predicted octanol–water partition coefficient (Wildman–Crippen LogP) is 3.53. The van der Waals surface area contributed by atoms with Crippen LogP contribution in [0.25, 0.3) is 0 Å². The molecule has 1 unspecified atom stereocenters. The second-order valence-corrected chi connectivity index (χ2v) is 9.76. The van der Waals surface area contributed by atoms with Crippen molar-refractivity contribution in [3.05, 3.63) is 48.3 Å². The molecule has 0 aromatic heterocycles. The van der Waals surface area contributed by atoms with E-state index in [1.54, 1.807) is 35.2 Å². The lowest BCUT2D eigenvalue weighted by atomic mass is 10.2. The summed E-state index contributed by atoms with van der Waals surface area (Å²) in [6, 6.07) is 10.9. The number of anilines is 1. The number of morpholine rings is 1. The molecule has 2 aromatic carbocycles. The molecule has 2 aliphatic heterocycles. The molecule has 4 rings (SSSR count). The summed E-state index contributed by atoms with van der Waals surface area (Å²) >= 11 is 1.25. The highest BCUT2D eigenvalue weighted by molar-refractivity contribution is 8.15. The zero-order valence-corrected chi connectivity index (χ0v) is 21.8. The number of halogens is 1. The molecule has 2 heterocycles. The van der Waals surface area contributed by atoms with E-state index >= 15 is 0 Å². The topological polar surface area (TPSA) is 92.7 Å². The Balaban J connectivity index is 1.45. The van der Waals surface area contributed by atoms with Gasteiger partial charge >= 0.3 is 0 Å². The van der Waals surface area contributed by atoms with E-state index in [0.717, 1.165) is 26.1 Å². The summed E-state index contributed by atoms with van der Waals surface area (Å²) in [5.41, 5.74) is 1.01. The monoisotopic (exact) mass is 530 g/mol. The average Bonchev–Trinajstić information content (AvgIpc) is 3.19. The second-order valence-electron chi connectivity index (χ2n) is 8.59. The fourth-order valence-electron chi connectivity index (χ4n) is 4.12. The Morgan fingerprint density at radius 1 is 1.14 bits per heavy atom. The number of rotatable bonds is 10. The highest BCUT2D eigenvalue weighted by Crippen LogP contribution is 2.33. The molecule has 2 saturated heterocycles. The number of benzene rings is 2. The summed E-state index contributed by atoms with van der Waals surface area (Å²) in [5, 5.41) is 2.71. The van der Waals surface area contributed by atoms with Crippen molar-refractivity contribution in [2.75, 3.05) is 58.9 Å². The predicted molar refractivity (Wildman–Crippen MR) is 141 cm³/mol. The van der Waals surface area contributed by atoms with Crippen molar-refractivity contribution < 1.29 is 28.2 Å². The third-order valence-electron chi connectivity index (χ3n) is 6.08. The summed E-state index contributed by atoms with van der Waals surface area (Å²) in [6.45, 7) is 4.48. The van der Waals surface area contributed by atoms with E-state index in [2.05, 4.69) is 15.2 Å². The van der Waals surface area contributed by atoms with Crippen LogP contribution in [-0.4, -0.2) is 85.6 Å². The fraction of sp³-hybridized carbons (Fsp3) is 0.423. The first-order chi connectivity index (χ1) is 18.0. The van der Waals surface area contributed by atoms with Crippen LogP contribution in [0.1, 0.15) is 12.8 Å². The lowest BCUT2D eigenvalue weighted by Crippen LogP contribution is -2.39. The van der Waals surface area contributed by atoms with E-state index in [-0.39, 0.29) is 24.1 Å². The number of amidine groups is 1. The zero-order valence-electron chi connectivity index (χ0n) is 20.9. The van der Waals surface area contributed by atoms with E-state index in [0.29, 0.717) is 47.8 Å². The van der Waals surface area contributed by atoms with Crippen molar-refractivity contribution in [2.45, 2.75) is 18.1 Å². The van der Waals surface area contributed by atoms with Gasteiger partial charge in [-0.05, 0) is 42.8 Å². The van der Waals surface area contributed by atoms with Crippen molar-refractivity contribution in [2.24, 2.45) is 4.99 Å².